The molecule has 0 radical (unpaired) electrons. The minimum atomic E-state index is -0.283. The first kappa shape index (κ1) is 10.4. The van der Waals surface area contributed by atoms with Crippen LogP contribution in [0.2, 0.25) is 0 Å². The minimum absolute atomic E-state index is 0.283. The van der Waals surface area contributed by atoms with Gasteiger partial charge in [0, 0.05) is 12.6 Å². The topological polar surface area (TPSA) is 38.4 Å². The number of hydrogen-bond acceptors (Lipinski definition) is 2. The van der Waals surface area contributed by atoms with Gasteiger partial charge in [0.05, 0.1) is 5.71 Å². The Labute approximate surface area is 83.0 Å². The Morgan fingerprint density at radius 3 is 2.79 bits per heavy atom. The highest BCUT2D eigenvalue weighted by molar-refractivity contribution is 6.08. The molecule has 3 heteroatoms. The molecular weight excluding hydrogens is 179 g/mol. The summed E-state index contributed by atoms with van der Waals surface area (Å²) in [7, 11) is 1.61. The van der Waals surface area contributed by atoms with Crippen LogP contribution in [-0.4, -0.2) is 12.8 Å². The van der Waals surface area contributed by atoms with Crippen molar-refractivity contribution in [2.45, 2.75) is 6.92 Å². The molecule has 0 unspecified atom stereocenters. The fraction of sp³-hybridized carbons (Fsp3) is 0.182. The molecule has 74 valence electrons. The average Bonchev–Trinajstić information content (AvgIpc) is 2.18. The summed E-state index contributed by atoms with van der Waals surface area (Å²) in [5.74, 6) is -0.283. The molecule has 0 spiro atoms. The zero-order valence-electron chi connectivity index (χ0n) is 8.29. The number of hydrogen-bond donors (Lipinski definition) is 1. The maximum atomic E-state index is 13.4. The Balaban J connectivity index is 3.22. The summed E-state index contributed by atoms with van der Waals surface area (Å²) in [6.45, 7) is 1.91. The van der Waals surface area contributed by atoms with Crippen molar-refractivity contribution in [1.29, 1.82) is 0 Å². The highest BCUT2D eigenvalue weighted by atomic mass is 19.1. The van der Waals surface area contributed by atoms with Gasteiger partial charge in [-0.15, -0.1) is 0 Å². The smallest absolute Gasteiger partial charge is 0.132 e. The van der Waals surface area contributed by atoms with Crippen molar-refractivity contribution in [2.75, 3.05) is 7.05 Å². The van der Waals surface area contributed by atoms with Crippen molar-refractivity contribution in [1.82, 2.24) is 0 Å². The van der Waals surface area contributed by atoms with Crippen molar-refractivity contribution in [3.63, 3.8) is 0 Å². The third kappa shape index (κ3) is 2.19. The average molecular weight is 192 g/mol. The Morgan fingerprint density at radius 1 is 1.50 bits per heavy atom. The normalized spacial score (nSPS) is 12.4. The number of allylic oxidation sites excluding steroid dienone is 1. The quantitative estimate of drug-likeness (QED) is 0.715. The summed E-state index contributed by atoms with van der Waals surface area (Å²) in [4.78, 5) is 3.96. The number of halogens is 1. The Hall–Kier alpha value is -1.64. The van der Waals surface area contributed by atoms with E-state index in [0.717, 1.165) is 5.56 Å². The van der Waals surface area contributed by atoms with Gasteiger partial charge in [0.1, 0.15) is 5.82 Å². The molecular formula is C11H13FN2. The maximum Gasteiger partial charge on any atom is 0.132 e. The number of rotatable bonds is 2. The van der Waals surface area contributed by atoms with Crippen molar-refractivity contribution >= 4 is 5.71 Å². The Morgan fingerprint density at radius 2 is 2.21 bits per heavy atom. The number of benzene rings is 1. The summed E-state index contributed by atoms with van der Waals surface area (Å²) in [5.41, 5.74) is 7.27. The molecule has 0 aliphatic heterocycles. The van der Waals surface area contributed by atoms with E-state index in [9.17, 15) is 4.39 Å². The van der Waals surface area contributed by atoms with E-state index in [2.05, 4.69) is 4.99 Å². The largest absolute Gasteiger partial charge is 0.405 e. The number of nitrogens with two attached hydrogens (primary N) is 1. The monoisotopic (exact) mass is 192 g/mol. The van der Waals surface area contributed by atoms with Crippen molar-refractivity contribution in [2.24, 2.45) is 10.7 Å². The molecule has 1 aromatic carbocycles. The molecule has 0 bridgehead atoms. The lowest BCUT2D eigenvalue weighted by Gasteiger charge is -2.03. The SMILES string of the molecule is CN=C(/C=C\N)c1cc(C)ccc1F. The molecule has 0 saturated heterocycles. The molecule has 0 aromatic heterocycles. The van der Waals surface area contributed by atoms with Crippen LogP contribution in [0.5, 0.6) is 0 Å². The summed E-state index contributed by atoms with van der Waals surface area (Å²) in [6.07, 6.45) is 2.93. The van der Waals surface area contributed by atoms with E-state index in [1.165, 1.54) is 12.3 Å². The molecule has 0 amide bonds. The molecule has 0 saturated carbocycles. The summed E-state index contributed by atoms with van der Waals surface area (Å²) >= 11 is 0. The molecule has 1 rings (SSSR count). The lowest BCUT2D eigenvalue weighted by Crippen LogP contribution is -2.02. The van der Waals surface area contributed by atoms with Crippen LogP contribution in [-0.2, 0) is 0 Å². The molecule has 14 heavy (non-hydrogen) atoms. The molecule has 0 aliphatic carbocycles. The van der Waals surface area contributed by atoms with Crippen LogP contribution in [0, 0.1) is 12.7 Å². The summed E-state index contributed by atoms with van der Waals surface area (Å²) < 4.78 is 13.4. The third-order valence-corrected chi connectivity index (χ3v) is 1.89. The minimum Gasteiger partial charge on any atom is -0.405 e. The van der Waals surface area contributed by atoms with Gasteiger partial charge in [0.25, 0.3) is 0 Å². The van der Waals surface area contributed by atoms with Gasteiger partial charge < -0.3 is 5.73 Å². The number of nitrogens with zero attached hydrogens (tertiary/aromatic N) is 1. The van der Waals surface area contributed by atoms with Crippen molar-refractivity contribution in [3.05, 3.63) is 47.4 Å². The highest BCUT2D eigenvalue weighted by Gasteiger charge is 2.05. The van der Waals surface area contributed by atoms with Gasteiger partial charge >= 0.3 is 0 Å². The van der Waals surface area contributed by atoms with Crippen molar-refractivity contribution < 1.29 is 4.39 Å². The Kier molecular flexibility index (Phi) is 3.40. The maximum absolute atomic E-state index is 13.4. The van der Waals surface area contributed by atoms with Crippen LogP contribution < -0.4 is 5.73 Å². The van der Waals surface area contributed by atoms with Gasteiger partial charge in [-0.25, -0.2) is 4.39 Å². The van der Waals surface area contributed by atoms with Crippen LogP contribution in [0.1, 0.15) is 11.1 Å². The second kappa shape index (κ2) is 4.56. The molecule has 0 fully saturated rings. The van der Waals surface area contributed by atoms with E-state index in [1.807, 2.05) is 6.92 Å². The number of aryl methyl sites for hydroxylation is 1. The van der Waals surface area contributed by atoms with Crippen molar-refractivity contribution in [3.8, 4) is 0 Å². The lowest BCUT2D eigenvalue weighted by molar-refractivity contribution is 0.625. The van der Waals surface area contributed by atoms with E-state index in [0.29, 0.717) is 11.3 Å². The predicted octanol–water partition coefficient (Wildman–Crippen LogP) is 2.03. The molecule has 2 nitrogen and oxygen atoms in total. The summed E-state index contributed by atoms with van der Waals surface area (Å²) in [5, 5.41) is 0. The van der Waals surface area contributed by atoms with Crippen LogP contribution in [0.15, 0.2) is 35.5 Å². The fourth-order valence-electron chi connectivity index (χ4n) is 1.21. The molecule has 0 heterocycles. The van der Waals surface area contributed by atoms with Gasteiger partial charge in [0.2, 0.25) is 0 Å². The lowest BCUT2D eigenvalue weighted by atomic mass is 10.1. The molecule has 2 N–H and O–H groups in total. The molecule has 0 atom stereocenters. The second-order valence-corrected chi connectivity index (χ2v) is 2.95. The van der Waals surface area contributed by atoms with E-state index in [1.54, 1.807) is 25.3 Å². The van der Waals surface area contributed by atoms with E-state index < -0.39 is 0 Å². The third-order valence-electron chi connectivity index (χ3n) is 1.89. The number of aliphatic imine (C=N–C) groups is 1. The van der Waals surface area contributed by atoms with Crippen LogP contribution in [0.3, 0.4) is 0 Å². The van der Waals surface area contributed by atoms with Gasteiger partial charge in [0.15, 0.2) is 0 Å². The Bertz CT molecular complexity index is 381. The molecule has 1 aromatic rings. The van der Waals surface area contributed by atoms with Gasteiger partial charge in [-0.2, -0.15) is 0 Å². The van der Waals surface area contributed by atoms with E-state index >= 15 is 0 Å². The van der Waals surface area contributed by atoms with Crippen LogP contribution in [0.4, 0.5) is 4.39 Å². The molecule has 0 aliphatic rings. The predicted molar refractivity (Wildman–Crippen MR) is 56.9 cm³/mol. The van der Waals surface area contributed by atoms with Gasteiger partial charge in [-0.05, 0) is 31.3 Å². The van der Waals surface area contributed by atoms with Gasteiger partial charge in [-0.1, -0.05) is 11.6 Å². The van der Waals surface area contributed by atoms with Gasteiger partial charge in [-0.3, -0.25) is 4.99 Å². The second-order valence-electron chi connectivity index (χ2n) is 2.95. The first-order valence-electron chi connectivity index (χ1n) is 4.30. The fourth-order valence-corrected chi connectivity index (χ4v) is 1.21. The highest BCUT2D eigenvalue weighted by Crippen LogP contribution is 2.11. The zero-order chi connectivity index (χ0) is 10.6. The van der Waals surface area contributed by atoms with E-state index in [-0.39, 0.29) is 5.82 Å². The van der Waals surface area contributed by atoms with E-state index in [4.69, 9.17) is 5.73 Å². The zero-order valence-corrected chi connectivity index (χ0v) is 8.29. The van der Waals surface area contributed by atoms with Crippen LogP contribution >= 0.6 is 0 Å². The first-order valence-corrected chi connectivity index (χ1v) is 4.30. The summed E-state index contributed by atoms with van der Waals surface area (Å²) in [6, 6.07) is 4.90. The van der Waals surface area contributed by atoms with Crippen LogP contribution in [0.25, 0.3) is 0 Å². The first-order chi connectivity index (χ1) is 6.69. The standard InChI is InChI=1S/C11H13FN2/c1-8-3-4-10(12)9(7-8)11(14-2)5-6-13/h3-7H,13H2,1-2H3/b6-5-,14-11?.